The number of hydrogen-bond acceptors (Lipinski definition) is 3. The molecule has 1 heterocycles. The summed E-state index contributed by atoms with van der Waals surface area (Å²) in [6.45, 7) is 4.07. The van der Waals surface area contributed by atoms with Gasteiger partial charge >= 0.3 is 5.51 Å². The van der Waals surface area contributed by atoms with Gasteiger partial charge in [-0.1, -0.05) is 0 Å². The number of alkyl halides is 3. The first-order valence-corrected chi connectivity index (χ1v) is 7.41. The molecule has 0 radical (unpaired) electrons. The van der Waals surface area contributed by atoms with Gasteiger partial charge in [0.1, 0.15) is 0 Å². The van der Waals surface area contributed by atoms with Crippen LogP contribution in [0, 0.1) is 0 Å². The predicted molar refractivity (Wildman–Crippen MR) is 75.0 cm³/mol. The van der Waals surface area contributed by atoms with Gasteiger partial charge in [0, 0.05) is 16.6 Å². The van der Waals surface area contributed by atoms with E-state index in [0.29, 0.717) is 6.04 Å². The lowest BCUT2D eigenvalue weighted by Crippen LogP contribution is -2.36. The molecule has 0 spiro atoms. The molecular weight excluding hydrogens is 287 g/mol. The highest BCUT2D eigenvalue weighted by atomic mass is 32.2. The van der Waals surface area contributed by atoms with Crippen molar-refractivity contribution in [1.82, 2.24) is 0 Å². The molecule has 1 aromatic carbocycles. The fourth-order valence-corrected chi connectivity index (χ4v) is 3.05. The second-order valence-corrected chi connectivity index (χ2v) is 6.28. The van der Waals surface area contributed by atoms with E-state index in [0.717, 1.165) is 18.5 Å². The van der Waals surface area contributed by atoms with Crippen molar-refractivity contribution in [3.63, 3.8) is 0 Å². The molecule has 1 fully saturated rings. The van der Waals surface area contributed by atoms with Gasteiger partial charge in [0.2, 0.25) is 0 Å². The first-order chi connectivity index (χ1) is 9.32. The molecule has 1 aliphatic heterocycles. The van der Waals surface area contributed by atoms with Crippen molar-refractivity contribution >= 4 is 17.4 Å². The lowest BCUT2D eigenvalue weighted by atomic mass is 9.99. The maximum Gasteiger partial charge on any atom is 0.446 e. The van der Waals surface area contributed by atoms with Gasteiger partial charge in [0.15, 0.2) is 0 Å². The molecular formula is C14H18F3NOS. The van der Waals surface area contributed by atoms with Gasteiger partial charge in [0.05, 0.1) is 12.2 Å². The Kier molecular flexibility index (Phi) is 4.86. The topological polar surface area (TPSA) is 21.3 Å². The minimum atomic E-state index is -4.24. The summed E-state index contributed by atoms with van der Waals surface area (Å²) in [7, 11) is 0. The van der Waals surface area contributed by atoms with Crippen molar-refractivity contribution in [3.05, 3.63) is 24.3 Å². The van der Waals surface area contributed by atoms with E-state index in [1.807, 2.05) is 13.8 Å². The van der Waals surface area contributed by atoms with Crippen LogP contribution in [0.1, 0.15) is 26.7 Å². The van der Waals surface area contributed by atoms with Crippen molar-refractivity contribution < 1.29 is 17.9 Å². The third kappa shape index (κ3) is 4.90. The van der Waals surface area contributed by atoms with Gasteiger partial charge < -0.3 is 10.1 Å². The number of rotatable bonds is 3. The fourth-order valence-electron chi connectivity index (χ4n) is 2.51. The van der Waals surface area contributed by atoms with Crippen molar-refractivity contribution in [2.24, 2.45) is 0 Å². The zero-order valence-corrected chi connectivity index (χ0v) is 12.2. The van der Waals surface area contributed by atoms with Crippen LogP contribution in [-0.4, -0.2) is 23.8 Å². The zero-order chi connectivity index (χ0) is 14.8. The number of thioether (sulfide) groups is 1. The summed E-state index contributed by atoms with van der Waals surface area (Å²) in [6.07, 6.45) is 2.22. The van der Waals surface area contributed by atoms with Gasteiger partial charge in [-0.2, -0.15) is 13.2 Å². The zero-order valence-electron chi connectivity index (χ0n) is 11.4. The van der Waals surface area contributed by atoms with Gasteiger partial charge in [0.25, 0.3) is 0 Å². The minimum Gasteiger partial charge on any atom is -0.382 e. The number of benzene rings is 1. The number of nitrogens with one attached hydrogen (secondary N) is 1. The molecule has 2 atom stereocenters. The standard InChI is InChI=1S/C14H18F3NOS/c1-9-7-12(8-10(2)19-9)18-11-3-5-13(6-4-11)20-14(15,16)17/h3-6,9-10,12,18H,7-8H2,1-2H3. The van der Waals surface area contributed by atoms with Gasteiger partial charge in [-0.3, -0.25) is 0 Å². The summed E-state index contributed by atoms with van der Waals surface area (Å²) in [5.74, 6) is 0. The largest absolute Gasteiger partial charge is 0.446 e. The van der Waals surface area contributed by atoms with Crippen molar-refractivity contribution in [2.75, 3.05) is 5.32 Å². The molecule has 112 valence electrons. The quantitative estimate of drug-likeness (QED) is 0.820. The molecule has 2 rings (SSSR count). The third-order valence-electron chi connectivity index (χ3n) is 3.16. The van der Waals surface area contributed by atoms with Crippen molar-refractivity contribution in [3.8, 4) is 0 Å². The summed E-state index contributed by atoms with van der Waals surface area (Å²) in [5.41, 5.74) is -3.39. The molecule has 0 saturated carbocycles. The van der Waals surface area contributed by atoms with E-state index in [4.69, 9.17) is 4.74 Å². The van der Waals surface area contributed by atoms with Gasteiger partial charge in [-0.05, 0) is 62.7 Å². The van der Waals surface area contributed by atoms with Crippen LogP contribution in [0.2, 0.25) is 0 Å². The lowest BCUT2D eigenvalue weighted by Gasteiger charge is -2.33. The van der Waals surface area contributed by atoms with E-state index >= 15 is 0 Å². The van der Waals surface area contributed by atoms with Crippen molar-refractivity contribution in [1.29, 1.82) is 0 Å². The maximum absolute atomic E-state index is 12.2. The molecule has 1 aromatic rings. The van der Waals surface area contributed by atoms with Crippen LogP contribution < -0.4 is 5.32 Å². The minimum absolute atomic E-state index is 0.0915. The molecule has 0 amide bonds. The summed E-state index contributed by atoms with van der Waals surface area (Å²) in [6, 6.07) is 6.67. The maximum atomic E-state index is 12.2. The molecule has 0 aliphatic carbocycles. The normalized spacial score (nSPS) is 27.4. The Balaban J connectivity index is 1.93. The Morgan fingerprint density at radius 1 is 1.10 bits per heavy atom. The Bertz CT molecular complexity index is 425. The second-order valence-electron chi connectivity index (χ2n) is 5.14. The van der Waals surface area contributed by atoms with Crippen LogP contribution in [0.5, 0.6) is 0 Å². The number of ether oxygens (including phenoxy) is 1. The van der Waals surface area contributed by atoms with E-state index in [-0.39, 0.29) is 28.9 Å². The smallest absolute Gasteiger partial charge is 0.382 e. The third-order valence-corrected chi connectivity index (χ3v) is 3.90. The summed E-state index contributed by atoms with van der Waals surface area (Å²) in [4.78, 5) is 0.205. The van der Waals surface area contributed by atoms with E-state index in [9.17, 15) is 13.2 Å². The molecule has 0 bridgehead atoms. The number of anilines is 1. The SMILES string of the molecule is CC1CC(Nc2ccc(SC(F)(F)F)cc2)CC(C)O1. The van der Waals surface area contributed by atoms with Gasteiger partial charge in [-0.25, -0.2) is 0 Å². The van der Waals surface area contributed by atoms with E-state index < -0.39 is 5.51 Å². The van der Waals surface area contributed by atoms with E-state index in [2.05, 4.69) is 5.32 Å². The van der Waals surface area contributed by atoms with Crippen LogP contribution in [-0.2, 0) is 4.74 Å². The highest BCUT2D eigenvalue weighted by Crippen LogP contribution is 2.37. The highest BCUT2D eigenvalue weighted by molar-refractivity contribution is 8.00. The molecule has 6 heteroatoms. The molecule has 1 saturated heterocycles. The molecule has 1 aliphatic rings. The Morgan fingerprint density at radius 2 is 1.65 bits per heavy atom. The van der Waals surface area contributed by atoms with Crippen LogP contribution in [0.3, 0.4) is 0 Å². The summed E-state index contributed by atoms with van der Waals surface area (Å²) in [5, 5.41) is 3.36. The first kappa shape index (κ1) is 15.5. The van der Waals surface area contributed by atoms with Crippen LogP contribution in [0.4, 0.5) is 18.9 Å². The number of hydrogen-bond donors (Lipinski definition) is 1. The van der Waals surface area contributed by atoms with Crippen LogP contribution >= 0.6 is 11.8 Å². The predicted octanol–water partition coefficient (Wildman–Crippen LogP) is 4.67. The molecule has 0 aromatic heterocycles. The lowest BCUT2D eigenvalue weighted by molar-refractivity contribution is -0.0340. The van der Waals surface area contributed by atoms with E-state index in [1.165, 1.54) is 12.1 Å². The summed E-state index contributed by atoms with van der Waals surface area (Å²) < 4.78 is 42.4. The van der Waals surface area contributed by atoms with Crippen molar-refractivity contribution in [2.45, 2.75) is 55.3 Å². The highest BCUT2D eigenvalue weighted by Gasteiger charge is 2.29. The second kappa shape index (κ2) is 6.26. The fraction of sp³-hybridized carbons (Fsp3) is 0.571. The van der Waals surface area contributed by atoms with Gasteiger partial charge in [-0.15, -0.1) is 0 Å². The summed E-state index contributed by atoms with van der Waals surface area (Å²) >= 11 is -0.0915. The monoisotopic (exact) mass is 305 g/mol. The molecule has 20 heavy (non-hydrogen) atoms. The Hall–Kier alpha value is -0.880. The Morgan fingerprint density at radius 3 is 2.15 bits per heavy atom. The average Bonchev–Trinajstić information content (AvgIpc) is 2.28. The van der Waals surface area contributed by atoms with E-state index in [1.54, 1.807) is 12.1 Å². The number of halogens is 3. The van der Waals surface area contributed by atoms with Crippen LogP contribution in [0.15, 0.2) is 29.2 Å². The first-order valence-electron chi connectivity index (χ1n) is 6.59. The average molecular weight is 305 g/mol. The molecule has 2 unspecified atom stereocenters. The molecule has 2 nitrogen and oxygen atoms in total. The van der Waals surface area contributed by atoms with Crippen LogP contribution in [0.25, 0.3) is 0 Å². The molecule has 1 N–H and O–H groups in total. The Labute approximate surface area is 121 Å².